The van der Waals surface area contributed by atoms with Crippen molar-refractivity contribution in [2.75, 3.05) is 6.54 Å². The van der Waals surface area contributed by atoms with Crippen molar-refractivity contribution in [2.45, 2.75) is 58.0 Å². The summed E-state index contributed by atoms with van der Waals surface area (Å²) in [6.45, 7) is 4.04. The van der Waals surface area contributed by atoms with Gasteiger partial charge in [-0.05, 0) is 43.7 Å². The number of furan rings is 1. The predicted octanol–water partition coefficient (Wildman–Crippen LogP) is 3.64. The van der Waals surface area contributed by atoms with Crippen molar-refractivity contribution in [3.63, 3.8) is 0 Å². The van der Waals surface area contributed by atoms with Crippen molar-refractivity contribution >= 4 is 6.29 Å². The van der Waals surface area contributed by atoms with E-state index in [-0.39, 0.29) is 5.41 Å². The molecular formula is C17H25NO2. The predicted molar refractivity (Wildman–Crippen MR) is 78.3 cm³/mol. The molecule has 1 heterocycles. The second kappa shape index (κ2) is 5.72. The van der Waals surface area contributed by atoms with E-state index < -0.39 is 0 Å². The quantitative estimate of drug-likeness (QED) is 0.743. The summed E-state index contributed by atoms with van der Waals surface area (Å²) in [4.78, 5) is 14.2. The first kappa shape index (κ1) is 13.9. The van der Waals surface area contributed by atoms with E-state index in [0.29, 0.717) is 12.0 Å². The molecule has 3 nitrogen and oxygen atoms in total. The normalized spacial score (nSPS) is 30.6. The van der Waals surface area contributed by atoms with Crippen LogP contribution in [0.5, 0.6) is 0 Å². The van der Waals surface area contributed by atoms with Gasteiger partial charge in [-0.1, -0.05) is 19.8 Å². The van der Waals surface area contributed by atoms with Crippen LogP contribution in [0.1, 0.15) is 51.2 Å². The average molecular weight is 275 g/mol. The Hall–Kier alpha value is -1.09. The molecule has 3 rings (SSSR count). The first-order valence-electron chi connectivity index (χ1n) is 7.93. The van der Waals surface area contributed by atoms with Crippen LogP contribution in [0.3, 0.4) is 0 Å². The first-order valence-corrected chi connectivity index (χ1v) is 7.93. The molecule has 0 aliphatic heterocycles. The van der Waals surface area contributed by atoms with E-state index in [9.17, 15) is 4.79 Å². The molecule has 0 bridgehead atoms. The molecule has 0 spiro atoms. The molecule has 2 unspecified atom stereocenters. The molecule has 2 atom stereocenters. The highest BCUT2D eigenvalue weighted by Gasteiger charge is 2.40. The van der Waals surface area contributed by atoms with E-state index in [1.54, 1.807) is 6.26 Å². The average Bonchev–Trinajstić information content (AvgIpc) is 3.17. The fourth-order valence-electron chi connectivity index (χ4n) is 3.75. The highest BCUT2D eigenvalue weighted by atomic mass is 16.3. The number of hydrogen-bond acceptors (Lipinski definition) is 3. The van der Waals surface area contributed by atoms with Crippen molar-refractivity contribution in [2.24, 2.45) is 11.3 Å². The molecule has 1 aromatic rings. The summed E-state index contributed by atoms with van der Waals surface area (Å²) >= 11 is 0. The van der Waals surface area contributed by atoms with Gasteiger partial charge in [-0.15, -0.1) is 0 Å². The highest BCUT2D eigenvalue weighted by molar-refractivity contribution is 5.60. The molecule has 2 aliphatic rings. The molecule has 0 saturated heterocycles. The van der Waals surface area contributed by atoms with Crippen molar-refractivity contribution in [3.05, 3.63) is 24.2 Å². The third kappa shape index (κ3) is 3.14. The van der Waals surface area contributed by atoms with Crippen LogP contribution in [0.25, 0.3) is 0 Å². The molecule has 0 N–H and O–H groups in total. The van der Waals surface area contributed by atoms with Crippen LogP contribution < -0.4 is 0 Å². The number of nitrogens with zero attached hydrogens (tertiary/aromatic N) is 1. The number of aldehydes is 1. The zero-order valence-electron chi connectivity index (χ0n) is 12.4. The lowest BCUT2D eigenvalue weighted by molar-refractivity contribution is -0.120. The maximum Gasteiger partial charge on any atom is 0.127 e. The van der Waals surface area contributed by atoms with Crippen molar-refractivity contribution in [1.82, 2.24) is 4.90 Å². The lowest BCUT2D eigenvalue weighted by atomic mass is 9.70. The summed E-state index contributed by atoms with van der Waals surface area (Å²) in [6.07, 6.45) is 10.1. The number of rotatable bonds is 6. The fraction of sp³-hybridized carbons (Fsp3) is 0.706. The Kier molecular flexibility index (Phi) is 3.97. The topological polar surface area (TPSA) is 33.5 Å². The second-order valence-corrected chi connectivity index (χ2v) is 6.90. The summed E-state index contributed by atoms with van der Waals surface area (Å²) < 4.78 is 5.49. The Morgan fingerprint density at radius 1 is 1.45 bits per heavy atom. The van der Waals surface area contributed by atoms with Crippen LogP contribution in [0.2, 0.25) is 0 Å². The summed E-state index contributed by atoms with van der Waals surface area (Å²) in [5.41, 5.74) is -0.118. The van der Waals surface area contributed by atoms with Crippen LogP contribution in [0, 0.1) is 11.3 Å². The van der Waals surface area contributed by atoms with Crippen LogP contribution in [-0.2, 0) is 11.3 Å². The molecule has 20 heavy (non-hydrogen) atoms. The minimum Gasteiger partial charge on any atom is -0.468 e. The molecule has 0 aromatic carbocycles. The number of carbonyl (C=O) groups is 1. The van der Waals surface area contributed by atoms with Crippen LogP contribution >= 0.6 is 0 Å². The van der Waals surface area contributed by atoms with E-state index in [2.05, 4.69) is 11.8 Å². The van der Waals surface area contributed by atoms with E-state index in [1.807, 2.05) is 12.1 Å². The minimum absolute atomic E-state index is 0.118. The number of hydrogen-bond donors (Lipinski definition) is 0. The largest absolute Gasteiger partial charge is 0.468 e. The van der Waals surface area contributed by atoms with Gasteiger partial charge in [0, 0.05) is 18.0 Å². The van der Waals surface area contributed by atoms with Crippen LogP contribution in [-0.4, -0.2) is 23.8 Å². The van der Waals surface area contributed by atoms with Gasteiger partial charge >= 0.3 is 0 Å². The van der Waals surface area contributed by atoms with Crippen LogP contribution in [0.4, 0.5) is 0 Å². The zero-order chi connectivity index (χ0) is 14.0. The second-order valence-electron chi connectivity index (χ2n) is 6.90. The Morgan fingerprint density at radius 2 is 2.30 bits per heavy atom. The SMILES string of the molecule is CC1CCCC(C=O)(CN(Cc2ccco2)C2CC2)C1. The van der Waals surface area contributed by atoms with Gasteiger partial charge < -0.3 is 9.21 Å². The summed E-state index contributed by atoms with van der Waals surface area (Å²) in [6, 6.07) is 4.64. The molecular weight excluding hydrogens is 250 g/mol. The first-order chi connectivity index (χ1) is 9.71. The standard InChI is InChI=1S/C17H25NO2/c1-14-4-2-8-17(10-14,13-19)12-18(15-6-7-15)11-16-5-3-9-20-16/h3,5,9,13-15H,2,4,6-8,10-12H2,1H3. The lowest BCUT2D eigenvalue weighted by Crippen LogP contribution is -2.42. The highest BCUT2D eigenvalue weighted by Crippen LogP contribution is 2.41. The maximum atomic E-state index is 11.8. The van der Waals surface area contributed by atoms with Crippen molar-refractivity contribution in [3.8, 4) is 0 Å². The van der Waals surface area contributed by atoms with E-state index >= 15 is 0 Å². The summed E-state index contributed by atoms with van der Waals surface area (Å²) in [7, 11) is 0. The monoisotopic (exact) mass is 275 g/mol. The smallest absolute Gasteiger partial charge is 0.127 e. The Labute approximate surface area is 121 Å². The van der Waals surface area contributed by atoms with Gasteiger partial charge in [0.15, 0.2) is 0 Å². The Morgan fingerprint density at radius 3 is 2.90 bits per heavy atom. The third-order valence-corrected chi connectivity index (χ3v) is 4.90. The molecule has 2 aliphatic carbocycles. The molecule has 110 valence electrons. The van der Waals surface area contributed by atoms with Gasteiger partial charge in [-0.2, -0.15) is 0 Å². The Balaban J connectivity index is 1.69. The maximum absolute atomic E-state index is 11.8. The van der Waals surface area contributed by atoms with Crippen molar-refractivity contribution < 1.29 is 9.21 Å². The third-order valence-electron chi connectivity index (χ3n) is 4.90. The van der Waals surface area contributed by atoms with Gasteiger partial charge in [-0.3, -0.25) is 4.90 Å². The van der Waals surface area contributed by atoms with Gasteiger partial charge in [0.05, 0.1) is 12.8 Å². The minimum atomic E-state index is -0.118. The van der Waals surface area contributed by atoms with E-state index in [4.69, 9.17) is 4.42 Å². The van der Waals surface area contributed by atoms with Gasteiger partial charge in [0.2, 0.25) is 0 Å². The van der Waals surface area contributed by atoms with Crippen LogP contribution in [0.15, 0.2) is 22.8 Å². The summed E-state index contributed by atoms with van der Waals surface area (Å²) in [5, 5.41) is 0. The van der Waals surface area contributed by atoms with Gasteiger partial charge in [0.25, 0.3) is 0 Å². The molecule has 0 radical (unpaired) electrons. The summed E-state index contributed by atoms with van der Waals surface area (Å²) in [5.74, 6) is 1.69. The fourth-order valence-corrected chi connectivity index (χ4v) is 3.75. The molecule has 0 amide bonds. The van der Waals surface area contributed by atoms with E-state index in [1.165, 1.54) is 32.0 Å². The lowest BCUT2D eigenvalue weighted by Gasteiger charge is -2.39. The van der Waals surface area contributed by atoms with Crippen molar-refractivity contribution in [1.29, 1.82) is 0 Å². The number of carbonyl (C=O) groups excluding carboxylic acids is 1. The molecule has 1 aromatic heterocycles. The zero-order valence-corrected chi connectivity index (χ0v) is 12.4. The molecule has 3 heteroatoms. The van der Waals surface area contributed by atoms with Gasteiger partial charge in [0.1, 0.15) is 12.0 Å². The molecule has 2 fully saturated rings. The molecule has 2 saturated carbocycles. The van der Waals surface area contributed by atoms with Gasteiger partial charge in [-0.25, -0.2) is 0 Å². The van der Waals surface area contributed by atoms with E-state index in [0.717, 1.165) is 31.7 Å². The Bertz CT molecular complexity index is 438.